The van der Waals surface area contributed by atoms with Crippen LogP contribution in [0.2, 0.25) is 0 Å². The normalized spacial score (nSPS) is 11.3. The molecule has 3 aromatic carbocycles. The highest BCUT2D eigenvalue weighted by Crippen LogP contribution is 2.23. The standard InChI is InChI=1S/C22H19NO4/c1-14(11-15-7-8-16-5-3-4-6-17(16)12-15)21(24)23-20-10-9-18(27-2)13-19(20)22(25)26/h3-13H,1-2H3,(H,23,24)(H,25,26)/b14-11+. The Kier molecular flexibility index (Phi) is 5.22. The summed E-state index contributed by atoms with van der Waals surface area (Å²) in [6.45, 7) is 1.69. The van der Waals surface area contributed by atoms with Crippen molar-refractivity contribution >= 4 is 34.4 Å². The van der Waals surface area contributed by atoms with E-state index in [0.29, 0.717) is 11.3 Å². The van der Waals surface area contributed by atoms with Crippen LogP contribution in [0.4, 0.5) is 5.69 Å². The molecule has 0 aliphatic heterocycles. The van der Waals surface area contributed by atoms with E-state index in [1.54, 1.807) is 19.1 Å². The smallest absolute Gasteiger partial charge is 0.337 e. The molecule has 0 saturated heterocycles. The van der Waals surface area contributed by atoms with E-state index < -0.39 is 5.97 Å². The first-order valence-electron chi connectivity index (χ1n) is 8.37. The number of carbonyl (C=O) groups excluding carboxylic acids is 1. The molecule has 0 radical (unpaired) electrons. The van der Waals surface area contributed by atoms with Gasteiger partial charge in [0.15, 0.2) is 0 Å². The summed E-state index contributed by atoms with van der Waals surface area (Å²) < 4.78 is 5.04. The Labute approximate surface area is 156 Å². The van der Waals surface area contributed by atoms with E-state index in [9.17, 15) is 14.7 Å². The molecule has 0 aromatic heterocycles. The van der Waals surface area contributed by atoms with Crippen molar-refractivity contribution in [3.8, 4) is 5.75 Å². The minimum atomic E-state index is -1.14. The molecular formula is C22H19NO4. The van der Waals surface area contributed by atoms with E-state index in [-0.39, 0.29) is 17.2 Å². The molecule has 0 aliphatic carbocycles. The molecule has 0 atom stereocenters. The van der Waals surface area contributed by atoms with Crippen molar-refractivity contribution in [3.05, 3.63) is 77.4 Å². The average Bonchev–Trinajstić information content (AvgIpc) is 2.67. The number of amides is 1. The van der Waals surface area contributed by atoms with Crippen LogP contribution in [0.3, 0.4) is 0 Å². The van der Waals surface area contributed by atoms with Gasteiger partial charge in [-0.2, -0.15) is 0 Å². The van der Waals surface area contributed by atoms with Crippen molar-refractivity contribution in [2.75, 3.05) is 12.4 Å². The Bertz CT molecular complexity index is 1050. The van der Waals surface area contributed by atoms with Crippen LogP contribution in [0.25, 0.3) is 16.8 Å². The fourth-order valence-electron chi connectivity index (χ4n) is 2.77. The Morgan fingerprint density at radius 3 is 2.44 bits per heavy atom. The minimum absolute atomic E-state index is 0.0267. The van der Waals surface area contributed by atoms with E-state index >= 15 is 0 Å². The third-order valence-corrected chi connectivity index (χ3v) is 4.22. The van der Waals surface area contributed by atoms with Gasteiger partial charge in [0.05, 0.1) is 18.4 Å². The van der Waals surface area contributed by atoms with Crippen molar-refractivity contribution in [1.29, 1.82) is 0 Å². The number of rotatable bonds is 5. The Morgan fingerprint density at radius 2 is 1.74 bits per heavy atom. The molecule has 1 amide bonds. The van der Waals surface area contributed by atoms with Crippen LogP contribution < -0.4 is 10.1 Å². The zero-order valence-electron chi connectivity index (χ0n) is 15.0. The first-order valence-corrected chi connectivity index (χ1v) is 8.37. The predicted molar refractivity (Wildman–Crippen MR) is 106 cm³/mol. The highest BCUT2D eigenvalue weighted by atomic mass is 16.5. The summed E-state index contributed by atoms with van der Waals surface area (Å²) in [7, 11) is 1.45. The maximum Gasteiger partial charge on any atom is 0.337 e. The molecular weight excluding hydrogens is 342 g/mol. The van der Waals surface area contributed by atoms with Gasteiger partial charge in [-0.25, -0.2) is 4.79 Å². The van der Waals surface area contributed by atoms with Gasteiger partial charge in [-0.15, -0.1) is 0 Å². The molecule has 5 nitrogen and oxygen atoms in total. The monoisotopic (exact) mass is 361 g/mol. The maximum atomic E-state index is 12.5. The quantitative estimate of drug-likeness (QED) is 0.652. The summed E-state index contributed by atoms with van der Waals surface area (Å²) >= 11 is 0. The van der Waals surface area contributed by atoms with Crippen molar-refractivity contribution in [3.63, 3.8) is 0 Å². The van der Waals surface area contributed by atoms with Crippen molar-refractivity contribution < 1.29 is 19.4 Å². The topological polar surface area (TPSA) is 75.6 Å². The molecule has 3 rings (SSSR count). The molecule has 0 spiro atoms. The fourth-order valence-corrected chi connectivity index (χ4v) is 2.77. The van der Waals surface area contributed by atoms with Gasteiger partial charge < -0.3 is 15.2 Å². The van der Waals surface area contributed by atoms with Crippen LogP contribution in [0.15, 0.2) is 66.2 Å². The number of aromatic carboxylic acids is 1. The van der Waals surface area contributed by atoms with Gasteiger partial charge in [0, 0.05) is 5.57 Å². The summed E-state index contributed by atoms with van der Waals surface area (Å²) in [5.74, 6) is -1.09. The lowest BCUT2D eigenvalue weighted by Crippen LogP contribution is -2.15. The van der Waals surface area contributed by atoms with E-state index in [1.165, 1.54) is 19.2 Å². The Balaban J connectivity index is 1.84. The van der Waals surface area contributed by atoms with E-state index in [1.807, 2.05) is 42.5 Å². The van der Waals surface area contributed by atoms with Gasteiger partial charge >= 0.3 is 5.97 Å². The first-order chi connectivity index (χ1) is 13.0. The van der Waals surface area contributed by atoms with Crippen LogP contribution in [0.1, 0.15) is 22.8 Å². The van der Waals surface area contributed by atoms with Crippen LogP contribution in [-0.2, 0) is 4.79 Å². The van der Waals surface area contributed by atoms with Gasteiger partial charge in [-0.1, -0.05) is 36.4 Å². The minimum Gasteiger partial charge on any atom is -0.497 e. The molecule has 136 valence electrons. The molecule has 2 N–H and O–H groups in total. The molecule has 5 heteroatoms. The first kappa shape index (κ1) is 18.2. The van der Waals surface area contributed by atoms with Gasteiger partial charge in [-0.3, -0.25) is 4.79 Å². The largest absolute Gasteiger partial charge is 0.497 e. The van der Waals surface area contributed by atoms with Crippen LogP contribution >= 0.6 is 0 Å². The van der Waals surface area contributed by atoms with Crippen LogP contribution in [0.5, 0.6) is 5.75 Å². The lowest BCUT2D eigenvalue weighted by atomic mass is 10.0. The average molecular weight is 361 g/mol. The summed E-state index contributed by atoms with van der Waals surface area (Å²) in [5, 5.41) is 14.2. The van der Waals surface area contributed by atoms with Gasteiger partial charge in [0.1, 0.15) is 5.75 Å². The molecule has 0 heterocycles. The van der Waals surface area contributed by atoms with Gasteiger partial charge in [0.25, 0.3) is 5.91 Å². The maximum absolute atomic E-state index is 12.5. The zero-order chi connectivity index (χ0) is 19.4. The van der Waals surface area contributed by atoms with Crippen molar-refractivity contribution in [1.82, 2.24) is 0 Å². The number of hydrogen-bond donors (Lipinski definition) is 2. The lowest BCUT2D eigenvalue weighted by Gasteiger charge is -2.10. The number of hydrogen-bond acceptors (Lipinski definition) is 3. The SMILES string of the molecule is COc1ccc(NC(=O)/C(C)=C/c2ccc3ccccc3c2)c(C(=O)O)c1. The number of benzene rings is 3. The highest BCUT2D eigenvalue weighted by Gasteiger charge is 2.14. The number of carboxylic acid groups (broad SMARTS) is 1. The summed E-state index contributed by atoms with van der Waals surface area (Å²) in [6, 6.07) is 18.4. The van der Waals surface area contributed by atoms with Crippen molar-refractivity contribution in [2.45, 2.75) is 6.92 Å². The number of carbonyl (C=O) groups is 2. The zero-order valence-corrected chi connectivity index (χ0v) is 15.0. The molecule has 0 unspecified atom stereocenters. The van der Waals surface area contributed by atoms with E-state index in [2.05, 4.69) is 5.32 Å². The summed E-state index contributed by atoms with van der Waals surface area (Å²) in [5.41, 5.74) is 1.56. The van der Waals surface area contributed by atoms with Crippen LogP contribution in [-0.4, -0.2) is 24.1 Å². The number of anilines is 1. The third-order valence-electron chi connectivity index (χ3n) is 4.22. The van der Waals surface area contributed by atoms with E-state index in [0.717, 1.165) is 16.3 Å². The Morgan fingerprint density at radius 1 is 1.00 bits per heavy atom. The lowest BCUT2D eigenvalue weighted by molar-refractivity contribution is -0.112. The molecule has 0 aliphatic rings. The van der Waals surface area contributed by atoms with Crippen molar-refractivity contribution in [2.24, 2.45) is 0 Å². The van der Waals surface area contributed by atoms with Gasteiger partial charge in [-0.05, 0) is 53.6 Å². The summed E-state index contributed by atoms with van der Waals surface area (Å²) in [4.78, 5) is 23.9. The molecule has 0 saturated carbocycles. The summed E-state index contributed by atoms with van der Waals surface area (Å²) in [6.07, 6.45) is 1.77. The second-order valence-corrected chi connectivity index (χ2v) is 6.10. The highest BCUT2D eigenvalue weighted by molar-refractivity contribution is 6.09. The fraction of sp³-hybridized carbons (Fsp3) is 0.0909. The number of methoxy groups -OCH3 is 1. The second-order valence-electron chi connectivity index (χ2n) is 6.10. The number of nitrogens with one attached hydrogen (secondary N) is 1. The molecule has 0 bridgehead atoms. The van der Waals surface area contributed by atoms with Gasteiger partial charge in [0.2, 0.25) is 0 Å². The molecule has 0 fully saturated rings. The molecule has 3 aromatic rings. The van der Waals surface area contributed by atoms with E-state index in [4.69, 9.17) is 4.74 Å². The third kappa shape index (κ3) is 4.15. The van der Waals surface area contributed by atoms with Crippen LogP contribution in [0, 0.1) is 0 Å². The predicted octanol–water partition coefficient (Wildman–Crippen LogP) is 4.59. The number of fused-ring (bicyclic) bond motifs is 1. The number of ether oxygens (including phenoxy) is 1. The number of carboxylic acids is 1. The second kappa shape index (κ2) is 7.74. The Hall–Kier alpha value is -3.60. The molecule has 27 heavy (non-hydrogen) atoms.